The van der Waals surface area contributed by atoms with E-state index in [1.807, 2.05) is 0 Å². The van der Waals surface area contributed by atoms with Crippen molar-refractivity contribution in [3.05, 3.63) is 22.2 Å². The van der Waals surface area contributed by atoms with Crippen molar-refractivity contribution in [3.8, 4) is 5.75 Å². The zero-order chi connectivity index (χ0) is 12.4. The normalized spacial score (nSPS) is 23.9. The van der Waals surface area contributed by atoms with E-state index in [0.29, 0.717) is 18.5 Å². The van der Waals surface area contributed by atoms with Gasteiger partial charge in [-0.1, -0.05) is 29.6 Å². The van der Waals surface area contributed by atoms with Gasteiger partial charge in [-0.15, -0.1) is 0 Å². The van der Waals surface area contributed by atoms with Crippen molar-refractivity contribution < 1.29 is 5.11 Å². The van der Waals surface area contributed by atoms with Crippen LogP contribution in [0.2, 0.25) is 10.0 Å². The van der Waals surface area contributed by atoms with Gasteiger partial charge >= 0.3 is 0 Å². The van der Waals surface area contributed by atoms with Crippen molar-refractivity contribution in [2.24, 2.45) is 11.7 Å². The molecule has 17 heavy (non-hydrogen) atoms. The van der Waals surface area contributed by atoms with E-state index in [0.717, 1.165) is 18.5 Å². The van der Waals surface area contributed by atoms with Gasteiger partial charge in [0, 0.05) is 11.7 Å². The first-order valence-electron chi connectivity index (χ1n) is 5.76. The number of benzene rings is 1. The maximum atomic E-state index is 9.48. The van der Waals surface area contributed by atoms with Crippen molar-refractivity contribution in [2.75, 3.05) is 11.9 Å². The average Bonchev–Trinajstić information content (AvgIpc) is 2.73. The van der Waals surface area contributed by atoms with Crippen molar-refractivity contribution in [1.82, 2.24) is 0 Å². The van der Waals surface area contributed by atoms with E-state index in [-0.39, 0.29) is 15.8 Å². The maximum absolute atomic E-state index is 9.48. The molecule has 0 aromatic heterocycles. The van der Waals surface area contributed by atoms with E-state index < -0.39 is 0 Å². The summed E-state index contributed by atoms with van der Waals surface area (Å²) in [4.78, 5) is 0. The molecule has 0 radical (unpaired) electrons. The molecule has 1 saturated carbocycles. The maximum Gasteiger partial charge on any atom is 0.152 e. The third kappa shape index (κ3) is 2.79. The van der Waals surface area contributed by atoms with Gasteiger partial charge in [0.15, 0.2) is 5.75 Å². The summed E-state index contributed by atoms with van der Waals surface area (Å²) in [5, 5.41) is 13.4. The fraction of sp³-hybridized carbons (Fsp3) is 0.500. The molecule has 1 aromatic carbocycles. The smallest absolute Gasteiger partial charge is 0.152 e. The highest BCUT2D eigenvalue weighted by Crippen LogP contribution is 2.36. The third-order valence-corrected chi connectivity index (χ3v) is 3.91. The molecule has 1 aliphatic rings. The molecule has 1 aliphatic carbocycles. The highest BCUT2D eigenvalue weighted by atomic mass is 35.5. The lowest BCUT2D eigenvalue weighted by atomic mass is 10.0. The molecule has 0 amide bonds. The summed E-state index contributed by atoms with van der Waals surface area (Å²) in [5.41, 5.74) is 6.57. The van der Waals surface area contributed by atoms with Crippen LogP contribution >= 0.6 is 23.2 Å². The summed E-state index contributed by atoms with van der Waals surface area (Å²) in [7, 11) is 0. The Kier molecular flexibility index (Phi) is 4.02. The topological polar surface area (TPSA) is 58.3 Å². The second kappa shape index (κ2) is 5.34. The van der Waals surface area contributed by atoms with Gasteiger partial charge in [0.05, 0.1) is 10.0 Å². The zero-order valence-corrected chi connectivity index (χ0v) is 10.9. The van der Waals surface area contributed by atoms with Gasteiger partial charge in [-0.05, 0) is 37.4 Å². The quantitative estimate of drug-likeness (QED) is 0.742. The van der Waals surface area contributed by atoms with E-state index in [1.54, 1.807) is 12.1 Å². The van der Waals surface area contributed by atoms with E-state index >= 15 is 0 Å². The van der Waals surface area contributed by atoms with Crippen LogP contribution in [0, 0.1) is 5.92 Å². The first-order chi connectivity index (χ1) is 8.11. The lowest BCUT2D eigenvalue weighted by Gasteiger charge is -2.21. The predicted molar refractivity (Wildman–Crippen MR) is 71.9 cm³/mol. The van der Waals surface area contributed by atoms with E-state index in [2.05, 4.69) is 5.32 Å². The second-order valence-electron chi connectivity index (χ2n) is 4.47. The van der Waals surface area contributed by atoms with Crippen LogP contribution in [0.3, 0.4) is 0 Å². The first kappa shape index (κ1) is 12.8. The molecule has 0 aliphatic heterocycles. The Hall–Kier alpha value is -0.640. The van der Waals surface area contributed by atoms with Gasteiger partial charge in [0.1, 0.15) is 0 Å². The van der Waals surface area contributed by atoms with Crippen LogP contribution in [-0.2, 0) is 0 Å². The monoisotopic (exact) mass is 274 g/mol. The fourth-order valence-electron chi connectivity index (χ4n) is 2.37. The average molecular weight is 275 g/mol. The Morgan fingerprint density at radius 1 is 1.29 bits per heavy atom. The minimum absolute atomic E-state index is 0.0688. The summed E-state index contributed by atoms with van der Waals surface area (Å²) < 4.78 is 0. The van der Waals surface area contributed by atoms with Crippen molar-refractivity contribution in [1.29, 1.82) is 0 Å². The number of phenols is 1. The fourth-order valence-corrected chi connectivity index (χ4v) is 2.86. The highest BCUT2D eigenvalue weighted by Gasteiger charge is 2.26. The molecule has 2 rings (SSSR count). The van der Waals surface area contributed by atoms with Crippen LogP contribution in [0.15, 0.2) is 12.1 Å². The van der Waals surface area contributed by atoms with Crippen LogP contribution in [0.1, 0.15) is 19.3 Å². The Morgan fingerprint density at radius 2 is 1.94 bits per heavy atom. The van der Waals surface area contributed by atoms with E-state index in [1.165, 1.54) is 6.42 Å². The van der Waals surface area contributed by atoms with Crippen molar-refractivity contribution in [3.63, 3.8) is 0 Å². The molecular weight excluding hydrogens is 259 g/mol. The van der Waals surface area contributed by atoms with Gasteiger partial charge in [-0.25, -0.2) is 0 Å². The molecule has 0 spiro atoms. The summed E-state index contributed by atoms with van der Waals surface area (Å²) in [6.45, 7) is 0.692. The van der Waals surface area contributed by atoms with Gasteiger partial charge in [-0.2, -0.15) is 0 Å². The Balaban J connectivity index is 2.13. The molecule has 94 valence electrons. The van der Waals surface area contributed by atoms with E-state index in [9.17, 15) is 5.11 Å². The van der Waals surface area contributed by atoms with Crippen LogP contribution in [0.5, 0.6) is 5.75 Å². The number of phenolic OH excluding ortho intramolecular Hbond substituents is 1. The molecule has 2 unspecified atom stereocenters. The molecule has 0 saturated heterocycles. The minimum atomic E-state index is -0.0688. The molecule has 2 atom stereocenters. The van der Waals surface area contributed by atoms with Crippen LogP contribution < -0.4 is 11.1 Å². The van der Waals surface area contributed by atoms with Gasteiger partial charge < -0.3 is 16.2 Å². The predicted octanol–water partition coefficient (Wildman–Crippen LogP) is 3.24. The zero-order valence-electron chi connectivity index (χ0n) is 9.42. The summed E-state index contributed by atoms with van der Waals surface area (Å²) in [5.74, 6) is 0.432. The summed E-state index contributed by atoms with van der Waals surface area (Å²) >= 11 is 11.8. The first-order valence-corrected chi connectivity index (χ1v) is 6.52. The number of aromatic hydroxyl groups is 1. The molecule has 0 bridgehead atoms. The van der Waals surface area contributed by atoms with Crippen LogP contribution in [-0.4, -0.2) is 17.7 Å². The van der Waals surface area contributed by atoms with Crippen molar-refractivity contribution in [2.45, 2.75) is 25.3 Å². The number of hydrogen-bond donors (Lipinski definition) is 3. The number of hydrogen-bond acceptors (Lipinski definition) is 3. The minimum Gasteiger partial charge on any atom is -0.505 e. The number of nitrogens with one attached hydrogen (secondary N) is 1. The summed E-state index contributed by atoms with van der Waals surface area (Å²) in [6, 6.07) is 3.75. The third-order valence-electron chi connectivity index (χ3n) is 3.33. The Bertz CT molecular complexity index is 388. The van der Waals surface area contributed by atoms with E-state index in [4.69, 9.17) is 28.9 Å². The highest BCUT2D eigenvalue weighted by molar-refractivity contribution is 6.37. The van der Waals surface area contributed by atoms with Gasteiger partial charge in [0.25, 0.3) is 0 Å². The second-order valence-corrected chi connectivity index (χ2v) is 5.28. The SMILES string of the molecule is NCC1CCCC1Nc1cc(Cl)c(O)c(Cl)c1. The Morgan fingerprint density at radius 3 is 2.53 bits per heavy atom. The van der Waals surface area contributed by atoms with Gasteiger partial charge in [0.2, 0.25) is 0 Å². The lowest BCUT2D eigenvalue weighted by Crippen LogP contribution is -2.29. The molecular formula is C12H16Cl2N2O. The number of halogens is 2. The Labute approximate surface area is 111 Å². The van der Waals surface area contributed by atoms with Crippen molar-refractivity contribution >= 4 is 28.9 Å². The lowest BCUT2D eigenvalue weighted by molar-refractivity contribution is 0.475. The van der Waals surface area contributed by atoms with Gasteiger partial charge in [-0.3, -0.25) is 0 Å². The number of nitrogens with two attached hydrogens (primary N) is 1. The molecule has 1 fully saturated rings. The number of anilines is 1. The van der Waals surface area contributed by atoms with Crippen LogP contribution in [0.4, 0.5) is 5.69 Å². The summed E-state index contributed by atoms with van der Waals surface area (Å²) in [6.07, 6.45) is 3.46. The van der Waals surface area contributed by atoms with Crippen LogP contribution in [0.25, 0.3) is 0 Å². The molecule has 0 heterocycles. The molecule has 5 heteroatoms. The molecule has 3 nitrogen and oxygen atoms in total. The standard InChI is InChI=1S/C12H16Cl2N2O/c13-9-4-8(5-10(14)12(9)17)16-11-3-1-2-7(11)6-15/h4-5,7,11,16-17H,1-3,6,15H2. The number of rotatable bonds is 3. The molecule has 4 N–H and O–H groups in total. The molecule has 1 aromatic rings. The largest absolute Gasteiger partial charge is 0.505 e.